The highest BCUT2D eigenvalue weighted by molar-refractivity contribution is 5.94. The van der Waals surface area contributed by atoms with Gasteiger partial charge in [0.25, 0.3) is 5.91 Å². The van der Waals surface area contributed by atoms with E-state index in [0.29, 0.717) is 44.2 Å². The van der Waals surface area contributed by atoms with Crippen LogP contribution in [0.2, 0.25) is 0 Å². The van der Waals surface area contributed by atoms with E-state index in [9.17, 15) is 19.8 Å². The number of carboxylic acid groups (broad SMARTS) is 1. The van der Waals surface area contributed by atoms with Gasteiger partial charge in [-0.15, -0.1) is 6.58 Å². The summed E-state index contributed by atoms with van der Waals surface area (Å²) in [6.45, 7) is 15.0. The molecule has 0 aliphatic carbocycles. The van der Waals surface area contributed by atoms with E-state index in [0.717, 1.165) is 30.8 Å². The van der Waals surface area contributed by atoms with E-state index >= 15 is 0 Å². The second kappa shape index (κ2) is 12.8. The quantitative estimate of drug-likeness (QED) is 0.475. The topological polar surface area (TPSA) is 87.6 Å². The summed E-state index contributed by atoms with van der Waals surface area (Å²) in [5.74, 6) is -0.621. The van der Waals surface area contributed by atoms with Crippen LogP contribution in [0.1, 0.15) is 54.7 Å². The average Bonchev–Trinajstić information content (AvgIpc) is 2.92. The SMILES string of the molecule is C=CCN1C[C@H](C)N([C@@H](c2cccc(O)c2)c2cccc(C(=O)N3CCN(C(CC)C(=O)O)CC3)c2)C[C@H]1C. The molecule has 8 nitrogen and oxygen atoms in total. The van der Waals surface area contributed by atoms with Gasteiger partial charge in [0.15, 0.2) is 0 Å². The first-order chi connectivity index (χ1) is 18.7. The molecule has 2 N–H and O–H groups in total. The maximum absolute atomic E-state index is 13.6. The van der Waals surface area contributed by atoms with Crippen LogP contribution in [0, 0.1) is 0 Å². The number of rotatable bonds is 9. The molecule has 2 fully saturated rings. The van der Waals surface area contributed by atoms with Crippen LogP contribution in [0.25, 0.3) is 0 Å². The molecule has 0 bridgehead atoms. The molecule has 2 aromatic carbocycles. The molecule has 39 heavy (non-hydrogen) atoms. The summed E-state index contributed by atoms with van der Waals surface area (Å²) < 4.78 is 0. The van der Waals surface area contributed by atoms with E-state index in [1.165, 1.54) is 0 Å². The number of carboxylic acids is 1. The maximum atomic E-state index is 13.6. The van der Waals surface area contributed by atoms with Crippen LogP contribution in [0.15, 0.2) is 61.2 Å². The fraction of sp³-hybridized carbons (Fsp3) is 0.484. The fourth-order valence-corrected chi connectivity index (χ4v) is 6.13. The number of carbonyl (C=O) groups excluding carboxylic acids is 1. The summed E-state index contributed by atoms with van der Waals surface area (Å²) in [7, 11) is 0. The predicted molar refractivity (Wildman–Crippen MR) is 153 cm³/mol. The van der Waals surface area contributed by atoms with Gasteiger partial charge in [-0.2, -0.15) is 0 Å². The third-order valence-electron chi connectivity index (χ3n) is 8.21. The third kappa shape index (κ3) is 6.52. The van der Waals surface area contributed by atoms with Crippen molar-refractivity contribution in [1.82, 2.24) is 19.6 Å². The summed E-state index contributed by atoms with van der Waals surface area (Å²) in [6, 6.07) is 15.2. The van der Waals surface area contributed by atoms with Crippen molar-refractivity contribution in [3.63, 3.8) is 0 Å². The van der Waals surface area contributed by atoms with E-state index in [1.54, 1.807) is 6.07 Å². The first-order valence-electron chi connectivity index (χ1n) is 14.0. The van der Waals surface area contributed by atoms with Crippen molar-refractivity contribution in [2.75, 3.05) is 45.8 Å². The molecule has 1 unspecified atom stereocenters. The Morgan fingerprint density at radius 2 is 1.67 bits per heavy atom. The number of carbonyl (C=O) groups is 2. The van der Waals surface area contributed by atoms with E-state index in [-0.39, 0.29) is 23.7 Å². The lowest BCUT2D eigenvalue weighted by atomic mass is 9.92. The number of aromatic hydroxyl groups is 1. The maximum Gasteiger partial charge on any atom is 0.320 e. The average molecular weight is 535 g/mol. The van der Waals surface area contributed by atoms with E-state index in [2.05, 4.69) is 36.3 Å². The minimum absolute atomic E-state index is 0.0354. The Hall–Kier alpha value is -3.20. The Labute approximate surface area is 232 Å². The Morgan fingerprint density at radius 3 is 2.28 bits per heavy atom. The molecule has 2 aliphatic heterocycles. The van der Waals surface area contributed by atoms with Crippen LogP contribution in [0.3, 0.4) is 0 Å². The van der Waals surface area contributed by atoms with Crippen LogP contribution in [0.4, 0.5) is 0 Å². The Bertz CT molecular complexity index is 1160. The number of hydrogen-bond acceptors (Lipinski definition) is 6. The Kier molecular flexibility index (Phi) is 9.43. The molecule has 0 aromatic heterocycles. The number of phenols is 1. The van der Waals surface area contributed by atoms with Crippen molar-refractivity contribution in [1.29, 1.82) is 0 Å². The van der Waals surface area contributed by atoms with Gasteiger partial charge in [0.1, 0.15) is 11.8 Å². The smallest absolute Gasteiger partial charge is 0.320 e. The predicted octanol–water partition coefficient (Wildman–Crippen LogP) is 3.68. The summed E-state index contributed by atoms with van der Waals surface area (Å²) in [6.07, 6.45) is 2.49. The molecular weight excluding hydrogens is 492 g/mol. The van der Waals surface area contributed by atoms with Crippen LogP contribution in [0.5, 0.6) is 5.75 Å². The number of piperazine rings is 2. The molecule has 4 rings (SSSR count). The molecule has 0 radical (unpaired) electrons. The highest BCUT2D eigenvalue weighted by atomic mass is 16.4. The molecule has 8 heteroatoms. The molecule has 210 valence electrons. The number of nitrogens with zero attached hydrogens (tertiary/aromatic N) is 4. The van der Waals surface area contributed by atoms with Crippen molar-refractivity contribution in [2.45, 2.75) is 51.4 Å². The Balaban J connectivity index is 1.59. The summed E-state index contributed by atoms with van der Waals surface area (Å²) >= 11 is 0. The monoisotopic (exact) mass is 534 g/mol. The molecule has 1 amide bonds. The van der Waals surface area contributed by atoms with E-state index in [4.69, 9.17) is 0 Å². The van der Waals surface area contributed by atoms with Gasteiger partial charge in [0.2, 0.25) is 0 Å². The Morgan fingerprint density at radius 1 is 1.00 bits per heavy atom. The number of phenolic OH excluding ortho intramolecular Hbond substituents is 1. The van der Waals surface area contributed by atoms with Gasteiger partial charge in [0, 0.05) is 63.5 Å². The van der Waals surface area contributed by atoms with Gasteiger partial charge >= 0.3 is 5.97 Å². The molecule has 0 saturated carbocycles. The largest absolute Gasteiger partial charge is 0.508 e. The normalized spacial score (nSPS) is 22.8. The first kappa shape index (κ1) is 28.8. The minimum atomic E-state index is -0.808. The molecule has 0 spiro atoms. The van der Waals surface area contributed by atoms with Crippen molar-refractivity contribution < 1.29 is 19.8 Å². The zero-order valence-corrected chi connectivity index (χ0v) is 23.4. The lowest BCUT2D eigenvalue weighted by Gasteiger charge is -2.47. The van der Waals surface area contributed by atoms with Crippen molar-refractivity contribution in [3.05, 3.63) is 77.9 Å². The molecule has 2 saturated heterocycles. The zero-order valence-electron chi connectivity index (χ0n) is 23.4. The lowest BCUT2D eigenvalue weighted by molar-refractivity contribution is -0.144. The minimum Gasteiger partial charge on any atom is -0.508 e. The van der Waals surface area contributed by atoms with Crippen LogP contribution in [-0.2, 0) is 4.79 Å². The number of amides is 1. The van der Waals surface area contributed by atoms with Crippen LogP contribution >= 0.6 is 0 Å². The molecule has 2 aliphatic rings. The highest BCUT2D eigenvalue weighted by Crippen LogP contribution is 2.35. The van der Waals surface area contributed by atoms with Gasteiger partial charge in [-0.25, -0.2) is 0 Å². The molecule has 4 atom stereocenters. The van der Waals surface area contributed by atoms with E-state index in [1.807, 2.05) is 59.2 Å². The number of benzene rings is 2. The van der Waals surface area contributed by atoms with Crippen molar-refractivity contribution in [3.8, 4) is 5.75 Å². The van der Waals surface area contributed by atoms with E-state index < -0.39 is 12.0 Å². The first-order valence-corrected chi connectivity index (χ1v) is 14.0. The summed E-state index contributed by atoms with van der Waals surface area (Å²) in [4.78, 5) is 33.8. The number of hydrogen-bond donors (Lipinski definition) is 2. The third-order valence-corrected chi connectivity index (χ3v) is 8.21. The molecule has 2 heterocycles. The lowest BCUT2D eigenvalue weighted by Crippen LogP contribution is -2.57. The van der Waals surface area contributed by atoms with Gasteiger partial charge in [-0.05, 0) is 55.7 Å². The second-order valence-electron chi connectivity index (χ2n) is 10.9. The summed E-state index contributed by atoms with van der Waals surface area (Å²) in [5, 5.41) is 19.8. The van der Waals surface area contributed by atoms with Crippen LogP contribution in [-0.4, -0.2) is 106 Å². The van der Waals surface area contributed by atoms with Crippen molar-refractivity contribution in [2.24, 2.45) is 0 Å². The zero-order chi connectivity index (χ0) is 28.1. The molecule has 2 aromatic rings. The number of aliphatic carboxylic acids is 1. The second-order valence-corrected chi connectivity index (χ2v) is 10.9. The standard InChI is InChI=1S/C31H42N4O4/c1-5-13-34-20-23(4)35(21-22(34)3)29(25-10-8-12-27(36)19-25)24-9-7-11-26(18-24)30(37)33-16-14-32(15-17-33)28(6-2)31(38)39/h5,7-12,18-19,22-23,28-29,36H,1,6,13-17,20-21H2,2-4H3,(H,38,39)/t22-,23+,28?,29-/m1/s1. The van der Waals surface area contributed by atoms with Gasteiger partial charge in [-0.3, -0.25) is 24.3 Å². The summed E-state index contributed by atoms with van der Waals surface area (Å²) in [5.41, 5.74) is 2.63. The fourth-order valence-electron chi connectivity index (χ4n) is 6.13. The van der Waals surface area contributed by atoms with Crippen molar-refractivity contribution >= 4 is 11.9 Å². The molecular formula is C31H42N4O4. The van der Waals surface area contributed by atoms with Gasteiger partial charge in [0.05, 0.1) is 6.04 Å². The highest BCUT2D eigenvalue weighted by Gasteiger charge is 2.35. The van der Waals surface area contributed by atoms with Gasteiger partial charge < -0.3 is 15.1 Å². The van der Waals surface area contributed by atoms with Gasteiger partial charge in [-0.1, -0.05) is 37.3 Å². The van der Waals surface area contributed by atoms with Crippen LogP contribution < -0.4 is 0 Å².